The molecule has 42 heavy (non-hydrogen) atoms. The molecule has 0 aromatic heterocycles. The first-order valence-corrected chi connectivity index (χ1v) is 16.1. The van der Waals surface area contributed by atoms with Gasteiger partial charge in [0.2, 0.25) is 0 Å². The van der Waals surface area contributed by atoms with Crippen LogP contribution in [0.1, 0.15) is 112 Å². The van der Waals surface area contributed by atoms with E-state index >= 15 is 0 Å². The quantitative estimate of drug-likeness (QED) is 0.281. The van der Waals surface area contributed by atoms with Crippen LogP contribution in [0.3, 0.4) is 0 Å². The number of carboxylic acid groups (broad SMARTS) is 1. The number of aryl methyl sites for hydroxylation is 1. The molecular formula is C35H50ClFN2O3. The summed E-state index contributed by atoms with van der Waals surface area (Å²) in [6.45, 7) is 10.1. The van der Waals surface area contributed by atoms with E-state index in [0.29, 0.717) is 23.5 Å². The van der Waals surface area contributed by atoms with Crippen LogP contribution in [0.2, 0.25) is 5.02 Å². The average molecular weight is 601 g/mol. The molecule has 5 nitrogen and oxygen atoms in total. The maximum absolute atomic E-state index is 14.4. The Morgan fingerprint density at radius 3 is 2.48 bits per heavy atom. The molecule has 2 aromatic rings. The molecular weight excluding hydrogens is 551 g/mol. The lowest BCUT2D eigenvalue weighted by atomic mass is 9.77. The summed E-state index contributed by atoms with van der Waals surface area (Å²) in [4.78, 5) is 17.2. The second-order valence-corrected chi connectivity index (χ2v) is 14.1. The molecule has 2 aromatic carbocycles. The molecule has 1 saturated carbocycles. The number of rotatable bonds is 11. The molecule has 0 spiro atoms. The molecule has 1 aliphatic heterocycles. The fourth-order valence-corrected chi connectivity index (χ4v) is 7.58. The highest BCUT2D eigenvalue weighted by Crippen LogP contribution is 2.41. The van der Waals surface area contributed by atoms with E-state index in [0.717, 1.165) is 68.2 Å². The smallest absolute Gasteiger partial charge is 0.325 e. The van der Waals surface area contributed by atoms with Crippen LogP contribution in [0.4, 0.5) is 4.39 Å². The summed E-state index contributed by atoms with van der Waals surface area (Å²) in [6.07, 6.45) is 8.11. The topological polar surface area (TPSA) is 53.0 Å². The van der Waals surface area contributed by atoms with Gasteiger partial charge in [0.05, 0.1) is 11.7 Å². The third-order valence-electron chi connectivity index (χ3n) is 9.34. The van der Waals surface area contributed by atoms with Gasteiger partial charge >= 0.3 is 5.97 Å². The predicted octanol–water partition coefficient (Wildman–Crippen LogP) is 8.34. The highest BCUT2D eigenvalue weighted by Gasteiger charge is 2.34. The molecule has 1 heterocycles. The predicted molar refractivity (Wildman–Crippen MR) is 169 cm³/mol. The van der Waals surface area contributed by atoms with E-state index in [4.69, 9.17) is 16.3 Å². The van der Waals surface area contributed by atoms with Crippen molar-refractivity contribution in [2.45, 2.75) is 115 Å². The van der Waals surface area contributed by atoms with E-state index in [9.17, 15) is 14.3 Å². The van der Waals surface area contributed by atoms with E-state index in [1.807, 2.05) is 30.1 Å². The SMILES string of the molecule is Cc1cccc([C@H](C(=O)O)N(C)CC[C@@H](C[C@@H]2CCCN2C)c2cc(F)cc(Cl)c2)c1C1CCC(OC(C)(C)C)CC1. The van der Waals surface area contributed by atoms with Gasteiger partial charge in [-0.1, -0.05) is 29.8 Å². The van der Waals surface area contributed by atoms with Gasteiger partial charge in [-0.15, -0.1) is 0 Å². The van der Waals surface area contributed by atoms with Crippen LogP contribution in [0.15, 0.2) is 36.4 Å². The lowest BCUT2D eigenvalue weighted by molar-refractivity contribution is -0.143. The van der Waals surface area contributed by atoms with Gasteiger partial charge in [0, 0.05) is 11.1 Å². The van der Waals surface area contributed by atoms with Crippen LogP contribution in [0.25, 0.3) is 0 Å². The van der Waals surface area contributed by atoms with E-state index in [1.54, 1.807) is 6.07 Å². The number of aliphatic carboxylic acids is 1. The van der Waals surface area contributed by atoms with Gasteiger partial charge in [-0.05, 0) is 159 Å². The number of likely N-dealkylation sites (tertiary alicyclic amines) is 1. The first-order valence-electron chi connectivity index (χ1n) is 15.7. The summed E-state index contributed by atoms with van der Waals surface area (Å²) in [6, 6.07) is 10.6. The Morgan fingerprint density at radius 1 is 1.17 bits per heavy atom. The number of ether oxygens (including phenoxy) is 1. The normalized spacial score (nSPS) is 23.3. The summed E-state index contributed by atoms with van der Waals surface area (Å²) in [5.74, 6) is -0.770. The van der Waals surface area contributed by atoms with Gasteiger partial charge in [-0.2, -0.15) is 0 Å². The van der Waals surface area contributed by atoms with Crippen LogP contribution in [-0.2, 0) is 9.53 Å². The zero-order valence-electron chi connectivity index (χ0n) is 26.3. The Kier molecular flexibility index (Phi) is 11.1. The monoisotopic (exact) mass is 600 g/mol. The molecule has 1 N–H and O–H groups in total. The number of hydrogen-bond donors (Lipinski definition) is 1. The van der Waals surface area contributed by atoms with Crippen LogP contribution < -0.4 is 0 Å². The van der Waals surface area contributed by atoms with Crippen LogP contribution >= 0.6 is 11.6 Å². The molecule has 4 rings (SSSR count). The highest BCUT2D eigenvalue weighted by molar-refractivity contribution is 6.30. The second-order valence-electron chi connectivity index (χ2n) is 13.7. The van der Waals surface area contributed by atoms with Crippen molar-refractivity contribution < 1.29 is 19.0 Å². The molecule has 7 heteroatoms. The van der Waals surface area contributed by atoms with Crippen molar-refractivity contribution in [3.8, 4) is 0 Å². The van der Waals surface area contributed by atoms with Crippen LogP contribution in [0, 0.1) is 12.7 Å². The zero-order valence-corrected chi connectivity index (χ0v) is 27.1. The first-order chi connectivity index (χ1) is 19.8. The maximum atomic E-state index is 14.4. The van der Waals surface area contributed by atoms with Gasteiger partial charge in [-0.25, -0.2) is 4.39 Å². The molecule has 2 aliphatic rings. The van der Waals surface area contributed by atoms with E-state index in [2.05, 4.69) is 45.7 Å². The van der Waals surface area contributed by atoms with Gasteiger partial charge < -0.3 is 14.7 Å². The Morgan fingerprint density at radius 2 is 1.88 bits per heavy atom. The largest absolute Gasteiger partial charge is 0.480 e. The number of likely N-dealkylation sites (N-methyl/N-ethyl adjacent to an activating group) is 1. The van der Waals surface area contributed by atoms with Gasteiger partial charge in [0.1, 0.15) is 11.9 Å². The summed E-state index contributed by atoms with van der Waals surface area (Å²) in [7, 11) is 4.07. The first kappa shape index (κ1) is 32.9. The Hall–Kier alpha value is -1.99. The lowest BCUT2D eigenvalue weighted by Crippen LogP contribution is -2.35. The minimum Gasteiger partial charge on any atom is -0.480 e. The number of carboxylic acids is 1. The third-order valence-corrected chi connectivity index (χ3v) is 9.56. The Balaban J connectivity index is 1.54. The molecule has 3 atom stereocenters. The molecule has 1 saturated heterocycles. The fourth-order valence-electron chi connectivity index (χ4n) is 7.35. The third kappa shape index (κ3) is 8.56. The molecule has 232 valence electrons. The van der Waals surface area contributed by atoms with Crippen molar-refractivity contribution in [2.24, 2.45) is 0 Å². The highest BCUT2D eigenvalue weighted by atomic mass is 35.5. The van der Waals surface area contributed by atoms with Crippen molar-refractivity contribution in [2.75, 3.05) is 27.2 Å². The standard InChI is InChI=1S/C35H50ClFN2O3/c1-23-9-7-11-31(32(23)24-12-14-30(15-13-24)42-35(2,3)4)33(34(40)41)39(6)18-16-25(21-29-10-8-17-38(29)5)26-19-27(36)22-28(37)20-26/h7,9,11,19-20,22,24-25,29-30,33H,8,10,12-18,21H2,1-6H3,(H,40,41)/t24?,25-,29-,30?,33+/m0/s1. The summed E-state index contributed by atoms with van der Waals surface area (Å²) >= 11 is 6.27. The van der Waals surface area contributed by atoms with Crippen LogP contribution in [0.5, 0.6) is 0 Å². The van der Waals surface area contributed by atoms with Crippen molar-refractivity contribution >= 4 is 17.6 Å². The number of carbonyl (C=O) groups is 1. The van der Waals surface area contributed by atoms with E-state index in [-0.39, 0.29) is 23.4 Å². The van der Waals surface area contributed by atoms with Crippen LogP contribution in [-0.4, -0.2) is 65.8 Å². The van der Waals surface area contributed by atoms with Crippen molar-refractivity contribution in [3.63, 3.8) is 0 Å². The molecule has 0 bridgehead atoms. The maximum Gasteiger partial charge on any atom is 0.325 e. The summed E-state index contributed by atoms with van der Waals surface area (Å²) in [5, 5.41) is 11.0. The second kappa shape index (κ2) is 14.2. The van der Waals surface area contributed by atoms with Gasteiger partial charge in [0.25, 0.3) is 0 Å². The number of halogens is 2. The van der Waals surface area contributed by atoms with E-state index < -0.39 is 12.0 Å². The van der Waals surface area contributed by atoms with Gasteiger partial charge in [-0.3, -0.25) is 9.69 Å². The molecule has 2 fully saturated rings. The fraction of sp³-hybridized carbons (Fsp3) is 0.629. The zero-order chi connectivity index (χ0) is 30.6. The molecule has 0 unspecified atom stereocenters. The molecule has 1 aliphatic carbocycles. The summed E-state index contributed by atoms with van der Waals surface area (Å²) < 4.78 is 20.7. The Labute approximate surface area is 257 Å². The lowest BCUT2D eigenvalue weighted by Gasteiger charge is -2.36. The minimum absolute atomic E-state index is 0.0794. The molecule has 0 amide bonds. The minimum atomic E-state index is -0.838. The van der Waals surface area contributed by atoms with Gasteiger partial charge in [0.15, 0.2) is 0 Å². The molecule has 0 radical (unpaired) electrons. The average Bonchev–Trinajstić information content (AvgIpc) is 3.30. The number of benzene rings is 2. The van der Waals surface area contributed by atoms with Crippen molar-refractivity contribution in [3.05, 3.63) is 69.5 Å². The van der Waals surface area contributed by atoms with Crippen molar-refractivity contribution in [1.82, 2.24) is 9.80 Å². The summed E-state index contributed by atoms with van der Waals surface area (Å²) in [5.41, 5.74) is 3.97. The van der Waals surface area contributed by atoms with Crippen molar-refractivity contribution in [1.29, 1.82) is 0 Å². The number of nitrogens with zero attached hydrogens (tertiary/aromatic N) is 2. The number of hydrogen-bond acceptors (Lipinski definition) is 4. The van der Waals surface area contributed by atoms with E-state index in [1.165, 1.54) is 18.1 Å². The Bertz CT molecular complexity index is 1190.